The SMILES string of the molecule is CO/C(=C1\C2CC3CC(C2)C1C3)c1cc(O)ccc1C=O. The van der Waals surface area contributed by atoms with Crippen molar-refractivity contribution in [1.29, 1.82) is 0 Å². The molecule has 4 bridgehead atoms. The molecule has 4 aliphatic rings. The van der Waals surface area contributed by atoms with E-state index in [0.29, 0.717) is 17.4 Å². The summed E-state index contributed by atoms with van der Waals surface area (Å²) in [5.74, 6) is 3.97. The molecule has 5 rings (SSSR count). The number of aldehydes is 1. The molecule has 4 aliphatic carbocycles. The predicted octanol–water partition coefficient (Wildman–Crippen LogP) is 3.63. The van der Waals surface area contributed by atoms with Crippen molar-refractivity contribution in [2.75, 3.05) is 7.11 Å². The van der Waals surface area contributed by atoms with E-state index in [1.54, 1.807) is 25.3 Å². The third kappa shape index (κ3) is 1.83. The Morgan fingerprint density at radius 1 is 1.29 bits per heavy atom. The Morgan fingerprint density at radius 3 is 2.86 bits per heavy atom. The standard InChI is InChI=1S/C18H20O3/c1-21-18(16-8-14(20)3-2-11(16)9-19)17-13-5-10-4-12(7-13)15(17)6-10/h2-3,8-10,12-13,15,20H,4-7H2,1H3/b18-17+. The number of carbonyl (C=O) groups excluding carboxylic acids is 1. The molecule has 3 heteroatoms. The van der Waals surface area contributed by atoms with Crippen molar-refractivity contribution in [2.24, 2.45) is 23.7 Å². The molecule has 4 atom stereocenters. The van der Waals surface area contributed by atoms with Gasteiger partial charge in [-0.2, -0.15) is 0 Å². The van der Waals surface area contributed by atoms with Crippen LogP contribution in [0.1, 0.15) is 41.6 Å². The fourth-order valence-corrected chi connectivity index (χ4v) is 5.08. The molecule has 0 aliphatic heterocycles. The first kappa shape index (κ1) is 12.9. The number of methoxy groups -OCH3 is 1. The van der Waals surface area contributed by atoms with Gasteiger partial charge in [-0.1, -0.05) is 0 Å². The molecule has 110 valence electrons. The highest BCUT2D eigenvalue weighted by Gasteiger charge is 2.52. The summed E-state index contributed by atoms with van der Waals surface area (Å²) >= 11 is 0. The van der Waals surface area contributed by atoms with E-state index in [2.05, 4.69) is 0 Å². The lowest BCUT2D eigenvalue weighted by Crippen LogP contribution is -2.17. The molecule has 4 saturated carbocycles. The zero-order chi connectivity index (χ0) is 14.6. The fraction of sp³-hybridized carbons (Fsp3) is 0.500. The Kier molecular flexibility index (Phi) is 2.84. The molecule has 1 aromatic rings. The van der Waals surface area contributed by atoms with Crippen LogP contribution in [0.4, 0.5) is 0 Å². The van der Waals surface area contributed by atoms with Gasteiger partial charge in [0.2, 0.25) is 0 Å². The van der Waals surface area contributed by atoms with E-state index in [4.69, 9.17) is 4.74 Å². The van der Waals surface area contributed by atoms with Crippen LogP contribution in [-0.4, -0.2) is 18.5 Å². The second kappa shape index (κ2) is 4.62. The van der Waals surface area contributed by atoms with Crippen LogP contribution in [0.25, 0.3) is 5.76 Å². The monoisotopic (exact) mass is 284 g/mol. The predicted molar refractivity (Wildman–Crippen MR) is 79.9 cm³/mol. The fourth-order valence-electron chi connectivity index (χ4n) is 5.08. The smallest absolute Gasteiger partial charge is 0.150 e. The molecule has 0 heterocycles. The molecule has 3 nitrogen and oxygen atoms in total. The first-order valence-electron chi connectivity index (χ1n) is 7.78. The first-order chi connectivity index (χ1) is 10.2. The maximum Gasteiger partial charge on any atom is 0.150 e. The van der Waals surface area contributed by atoms with Gasteiger partial charge in [0.25, 0.3) is 0 Å². The van der Waals surface area contributed by atoms with Gasteiger partial charge in [-0.3, -0.25) is 4.79 Å². The van der Waals surface area contributed by atoms with E-state index in [0.717, 1.165) is 29.4 Å². The van der Waals surface area contributed by atoms with Gasteiger partial charge in [0.15, 0.2) is 6.29 Å². The third-order valence-corrected chi connectivity index (χ3v) is 5.71. The van der Waals surface area contributed by atoms with E-state index in [9.17, 15) is 9.90 Å². The average molecular weight is 284 g/mol. The Morgan fingerprint density at radius 2 is 2.14 bits per heavy atom. The summed E-state index contributed by atoms with van der Waals surface area (Å²) < 4.78 is 5.73. The van der Waals surface area contributed by atoms with Crippen molar-refractivity contribution in [1.82, 2.24) is 0 Å². The molecule has 0 saturated heterocycles. The maximum absolute atomic E-state index is 11.3. The van der Waals surface area contributed by atoms with Gasteiger partial charge >= 0.3 is 0 Å². The van der Waals surface area contributed by atoms with Gasteiger partial charge in [-0.25, -0.2) is 0 Å². The molecule has 4 unspecified atom stereocenters. The van der Waals surface area contributed by atoms with Crippen LogP contribution >= 0.6 is 0 Å². The van der Waals surface area contributed by atoms with Gasteiger partial charge in [0.05, 0.1) is 7.11 Å². The Labute approximate surface area is 124 Å². The summed E-state index contributed by atoms with van der Waals surface area (Å²) in [6, 6.07) is 4.88. The van der Waals surface area contributed by atoms with Crippen LogP contribution < -0.4 is 0 Å². The molecule has 0 radical (unpaired) electrons. The Bertz CT molecular complexity index is 627. The molecular formula is C18H20O3. The van der Waals surface area contributed by atoms with Gasteiger partial charge in [0.1, 0.15) is 11.5 Å². The van der Waals surface area contributed by atoms with Crippen LogP contribution in [0.15, 0.2) is 23.8 Å². The lowest BCUT2D eigenvalue weighted by Gasteiger charge is -2.29. The molecule has 0 amide bonds. The molecular weight excluding hydrogens is 264 g/mol. The quantitative estimate of drug-likeness (QED) is 0.681. The minimum atomic E-state index is 0.179. The summed E-state index contributed by atoms with van der Waals surface area (Å²) in [7, 11) is 1.68. The first-order valence-corrected chi connectivity index (χ1v) is 7.78. The van der Waals surface area contributed by atoms with E-state index in [-0.39, 0.29) is 5.75 Å². The molecule has 4 fully saturated rings. The lowest BCUT2D eigenvalue weighted by atomic mass is 9.78. The average Bonchev–Trinajstić information content (AvgIpc) is 2.90. The minimum Gasteiger partial charge on any atom is -0.508 e. The highest BCUT2D eigenvalue weighted by Crippen LogP contribution is 2.62. The number of benzene rings is 1. The summed E-state index contributed by atoms with van der Waals surface area (Å²) in [6.07, 6.45) is 6.03. The van der Waals surface area contributed by atoms with Gasteiger partial charge in [0, 0.05) is 11.1 Å². The van der Waals surface area contributed by atoms with Crippen molar-refractivity contribution in [2.45, 2.75) is 25.7 Å². The van der Waals surface area contributed by atoms with Gasteiger partial charge < -0.3 is 9.84 Å². The maximum atomic E-state index is 11.3. The minimum absolute atomic E-state index is 0.179. The summed E-state index contributed by atoms with van der Waals surface area (Å²) in [4.78, 5) is 11.3. The van der Waals surface area contributed by atoms with E-state index in [1.165, 1.54) is 31.3 Å². The zero-order valence-electron chi connectivity index (χ0n) is 12.2. The summed E-state index contributed by atoms with van der Waals surface area (Å²) in [5.41, 5.74) is 2.75. The number of ether oxygens (including phenoxy) is 1. The molecule has 21 heavy (non-hydrogen) atoms. The van der Waals surface area contributed by atoms with E-state index < -0.39 is 0 Å². The van der Waals surface area contributed by atoms with Crippen LogP contribution in [0.5, 0.6) is 5.75 Å². The van der Waals surface area contributed by atoms with Crippen molar-refractivity contribution in [3.05, 3.63) is 34.9 Å². The normalized spacial score (nSPS) is 35.1. The van der Waals surface area contributed by atoms with Crippen molar-refractivity contribution >= 4 is 12.0 Å². The number of aromatic hydroxyl groups is 1. The van der Waals surface area contributed by atoms with Crippen LogP contribution in [0.2, 0.25) is 0 Å². The van der Waals surface area contributed by atoms with Gasteiger partial charge in [-0.15, -0.1) is 0 Å². The molecule has 1 aromatic carbocycles. The number of hydrogen-bond acceptors (Lipinski definition) is 3. The second-order valence-corrected chi connectivity index (χ2v) is 6.75. The number of phenols is 1. The van der Waals surface area contributed by atoms with Crippen LogP contribution in [0.3, 0.4) is 0 Å². The number of hydrogen-bond donors (Lipinski definition) is 1. The highest BCUT2D eigenvalue weighted by molar-refractivity contribution is 5.85. The molecule has 0 spiro atoms. The van der Waals surface area contributed by atoms with E-state index in [1.807, 2.05) is 0 Å². The second-order valence-electron chi connectivity index (χ2n) is 6.75. The van der Waals surface area contributed by atoms with Crippen molar-refractivity contribution < 1.29 is 14.6 Å². The van der Waals surface area contributed by atoms with E-state index >= 15 is 0 Å². The Balaban J connectivity index is 1.87. The molecule has 0 aromatic heterocycles. The lowest BCUT2D eigenvalue weighted by molar-refractivity contribution is 0.112. The number of rotatable bonds is 3. The van der Waals surface area contributed by atoms with Crippen molar-refractivity contribution in [3.63, 3.8) is 0 Å². The zero-order valence-corrected chi connectivity index (χ0v) is 12.2. The number of allylic oxidation sites excluding steroid dienone is 1. The van der Waals surface area contributed by atoms with Crippen molar-refractivity contribution in [3.8, 4) is 5.75 Å². The number of phenolic OH excluding ortho intramolecular Hbond substituents is 1. The Hall–Kier alpha value is -1.77. The summed E-state index contributed by atoms with van der Waals surface area (Å²) in [6.45, 7) is 0. The summed E-state index contributed by atoms with van der Waals surface area (Å²) in [5, 5.41) is 9.79. The van der Waals surface area contributed by atoms with Gasteiger partial charge in [-0.05, 0) is 73.1 Å². The highest BCUT2D eigenvalue weighted by atomic mass is 16.5. The largest absolute Gasteiger partial charge is 0.508 e. The van der Waals surface area contributed by atoms with Crippen LogP contribution in [0, 0.1) is 23.7 Å². The topological polar surface area (TPSA) is 46.5 Å². The number of carbonyl (C=O) groups is 1. The molecule has 1 N–H and O–H groups in total. The van der Waals surface area contributed by atoms with Crippen LogP contribution in [-0.2, 0) is 4.74 Å². The third-order valence-electron chi connectivity index (χ3n) is 5.71.